The average Bonchev–Trinajstić information content (AvgIpc) is 1.31. The Morgan fingerprint density at radius 2 is 1.71 bits per heavy atom. The van der Waals surface area contributed by atoms with Gasteiger partial charge in [0.05, 0.1) is 0 Å². The number of hydrogen-bond donors (Lipinski definition) is 1. The first-order valence-corrected chi connectivity index (χ1v) is 3.98. The van der Waals surface area contributed by atoms with E-state index in [-0.39, 0.29) is 0 Å². The SMILES string of the molecule is CN(C)P(C)(=O)O. The third kappa shape index (κ3) is 2.80. The third-order valence-electron chi connectivity index (χ3n) is 0.742. The van der Waals surface area contributed by atoms with Crippen molar-refractivity contribution in [3.63, 3.8) is 0 Å². The molecule has 0 bridgehead atoms. The molecule has 4 heteroatoms. The molecule has 7 heavy (non-hydrogen) atoms. The molecule has 0 radical (unpaired) electrons. The maximum Gasteiger partial charge on any atom is 0.266 e. The Kier molecular flexibility index (Phi) is 1.99. The molecule has 0 aromatic heterocycles. The van der Waals surface area contributed by atoms with Crippen molar-refractivity contribution in [2.45, 2.75) is 0 Å². The fraction of sp³-hybridized carbons (Fsp3) is 1.00. The quantitative estimate of drug-likeness (QED) is 0.512. The van der Waals surface area contributed by atoms with Crippen LogP contribution in [0.1, 0.15) is 0 Å². The van der Waals surface area contributed by atoms with Crippen LogP contribution in [0.5, 0.6) is 0 Å². The van der Waals surface area contributed by atoms with E-state index in [1.54, 1.807) is 14.1 Å². The largest absolute Gasteiger partial charge is 0.333 e. The summed E-state index contributed by atoms with van der Waals surface area (Å²) in [5.41, 5.74) is 0. The summed E-state index contributed by atoms with van der Waals surface area (Å²) in [6.07, 6.45) is 0. The summed E-state index contributed by atoms with van der Waals surface area (Å²) in [6, 6.07) is 0. The van der Waals surface area contributed by atoms with Gasteiger partial charge in [-0.05, 0) is 14.1 Å². The first-order chi connectivity index (χ1) is 2.94. The predicted molar refractivity (Wildman–Crippen MR) is 29.4 cm³/mol. The smallest absolute Gasteiger partial charge is 0.266 e. The van der Waals surface area contributed by atoms with Crippen LogP contribution < -0.4 is 0 Å². The van der Waals surface area contributed by atoms with E-state index in [0.29, 0.717) is 0 Å². The Labute approximate surface area is 43.5 Å². The summed E-state index contributed by atoms with van der Waals surface area (Å²) in [7, 11) is 0.236. The molecule has 0 spiro atoms. The lowest BCUT2D eigenvalue weighted by Crippen LogP contribution is -2.05. The van der Waals surface area contributed by atoms with Gasteiger partial charge in [0.25, 0.3) is 7.52 Å². The van der Waals surface area contributed by atoms with Crippen molar-refractivity contribution in [2.24, 2.45) is 0 Å². The maximum atomic E-state index is 10.4. The van der Waals surface area contributed by atoms with Gasteiger partial charge in [-0.15, -0.1) is 0 Å². The van der Waals surface area contributed by atoms with Gasteiger partial charge in [0.1, 0.15) is 0 Å². The highest BCUT2D eigenvalue weighted by Crippen LogP contribution is 2.36. The van der Waals surface area contributed by atoms with Crippen LogP contribution in [0.3, 0.4) is 0 Å². The van der Waals surface area contributed by atoms with Gasteiger partial charge in [0.15, 0.2) is 0 Å². The summed E-state index contributed by atoms with van der Waals surface area (Å²) in [5.74, 6) is 0. The van der Waals surface area contributed by atoms with Crippen molar-refractivity contribution < 1.29 is 9.46 Å². The van der Waals surface area contributed by atoms with Gasteiger partial charge in [-0.25, -0.2) is 4.67 Å². The van der Waals surface area contributed by atoms with E-state index >= 15 is 0 Å². The summed E-state index contributed by atoms with van der Waals surface area (Å²) < 4.78 is 11.7. The van der Waals surface area contributed by atoms with Crippen LogP contribution in [0.25, 0.3) is 0 Å². The molecule has 0 aliphatic rings. The zero-order valence-corrected chi connectivity index (χ0v) is 5.64. The van der Waals surface area contributed by atoms with E-state index in [2.05, 4.69) is 0 Å². The Hall–Kier alpha value is 0.150. The molecule has 3 nitrogen and oxygen atoms in total. The van der Waals surface area contributed by atoms with Crippen LogP contribution in [-0.4, -0.2) is 30.3 Å². The highest BCUT2D eigenvalue weighted by Gasteiger charge is 2.10. The molecule has 1 N–H and O–H groups in total. The van der Waals surface area contributed by atoms with Crippen LogP contribution in [0.4, 0.5) is 0 Å². The Balaban J connectivity index is 3.80. The highest BCUT2D eigenvalue weighted by atomic mass is 31.2. The average molecular weight is 123 g/mol. The van der Waals surface area contributed by atoms with Gasteiger partial charge in [0, 0.05) is 6.66 Å². The second-order valence-electron chi connectivity index (χ2n) is 1.68. The monoisotopic (exact) mass is 123 g/mol. The lowest BCUT2D eigenvalue weighted by molar-refractivity contribution is 0.418. The van der Waals surface area contributed by atoms with Crippen molar-refractivity contribution >= 4 is 7.52 Å². The molecule has 0 saturated carbocycles. The molecule has 0 fully saturated rings. The molecular formula is C3H10NO2P. The molecule has 0 rings (SSSR count). The van der Waals surface area contributed by atoms with Crippen LogP contribution in [-0.2, 0) is 4.57 Å². The fourth-order valence-corrected chi connectivity index (χ4v) is 0. The van der Waals surface area contributed by atoms with Crippen molar-refractivity contribution in [3.05, 3.63) is 0 Å². The van der Waals surface area contributed by atoms with E-state index in [4.69, 9.17) is 4.89 Å². The Morgan fingerprint density at radius 3 is 1.71 bits per heavy atom. The number of nitrogens with zero attached hydrogens (tertiary/aromatic N) is 1. The predicted octanol–water partition coefficient (Wildman–Crippen LogP) is 0.363. The first-order valence-electron chi connectivity index (χ1n) is 1.92. The summed E-state index contributed by atoms with van der Waals surface area (Å²) >= 11 is 0. The minimum absolute atomic E-state index is 1.30. The molecule has 0 aromatic carbocycles. The van der Waals surface area contributed by atoms with E-state index in [0.717, 1.165) is 0 Å². The lowest BCUT2D eigenvalue weighted by Gasteiger charge is -2.11. The normalized spacial score (nSPS) is 19.6. The zero-order chi connectivity index (χ0) is 6.08. The van der Waals surface area contributed by atoms with E-state index in [1.165, 1.54) is 11.3 Å². The summed E-state index contributed by atoms with van der Waals surface area (Å²) in [5, 5.41) is 0. The topological polar surface area (TPSA) is 40.5 Å². The van der Waals surface area contributed by atoms with E-state index in [1.807, 2.05) is 0 Å². The fourth-order valence-electron chi connectivity index (χ4n) is 0. The van der Waals surface area contributed by atoms with E-state index in [9.17, 15) is 4.57 Å². The standard InChI is InChI=1S/C3H10NO2P/c1-4(2)7(3,5)6/h1-3H3,(H,5,6). The first kappa shape index (κ1) is 7.15. The van der Waals surface area contributed by atoms with Gasteiger partial charge in [0.2, 0.25) is 0 Å². The Bertz CT molecular complexity index is 95.1. The van der Waals surface area contributed by atoms with Crippen LogP contribution in [0.2, 0.25) is 0 Å². The lowest BCUT2D eigenvalue weighted by atomic mass is 11.3. The third-order valence-corrected chi connectivity index (χ3v) is 2.23. The minimum Gasteiger partial charge on any atom is -0.333 e. The molecule has 0 saturated heterocycles. The molecule has 0 aliphatic carbocycles. The minimum atomic E-state index is -2.90. The summed E-state index contributed by atoms with van der Waals surface area (Å²) in [6.45, 7) is 1.30. The highest BCUT2D eigenvalue weighted by molar-refractivity contribution is 7.54. The van der Waals surface area contributed by atoms with Gasteiger partial charge < -0.3 is 4.89 Å². The second kappa shape index (κ2) is 1.95. The van der Waals surface area contributed by atoms with Crippen LogP contribution in [0.15, 0.2) is 0 Å². The molecular weight excluding hydrogens is 113 g/mol. The van der Waals surface area contributed by atoms with Gasteiger partial charge in [-0.3, -0.25) is 4.57 Å². The molecule has 0 heterocycles. The van der Waals surface area contributed by atoms with Crippen LogP contribution in [0, 0.1) is 0 Å². The molecule has 44 valence electrons. The van der Waals surface area contributed by atoms with Crippen molar-refractivity contribution in [3.8, 4) is 0 Å². The summed E-state index contributed by atoms with van der Waals surface area (Å²) in [4.78, 5) is 8.58. The zero-order valence-electron chi connectivity index (χ0n) is 4.75. The molecule has 0 aliphatic heterocycles. The van der Waals surface area contributed by atoms with Crippen LogP contribution >= 0.6 is 7.52 Å². The van der Waals surface area contributed by atoms with Gasteiger partial charge >= 0.3 is 0 Å². The number of rotatable bonds is 1. The maximum absolute atomic E-state index is 10.4. The van der Waals surface area contributed by atoms with Crippen molar-refractivity contribution in [1.29, 1.82) is 0 Å². The molecule has 1 unspecified atom stereocenters. The van der Waals surface area contributed by atoms with Gasteiger partial charge in [-0.2, -0.15) is 0 Å². The van der Waals surface area contributed by atoms with Crippen molar-refractivity contribution in [2.75, 3.05) is 20.8 Å². The molecule has 0 aromatic rings. The van der Waals surface area contributed by atoms with Crippen molar-refractivity contribution in [1.82, 2.24) is 4.67 Å². The molecule has 1 atom stereocenters. The Morgan fingerprint density at radius 1 is 1.57 bits per heavy atom. The van der Waals surface area contributed by atoms with Gasteiger partial charge in [-0.1, -0.05) is 0 Å². The second-order valence-corrected chi connectivity index (χ2v) is 4.15. The van der Waals surface area contributed by atoms with E-state index < -0.39 is 7.52 Å². The molecule has 0 amide bonds. The number of hydrogen-bond acceptors (Lipinski definition) is 1.